The Kier molecular flexibility index (Phi) is 6.97. The Morgan fingerprint density at radius 3 is 2.44 bits per heavy atom. The third kappa shape index (κ3) is 4.82. The number of likely N-dealkylation sites (N-methyl/N-ethyl adjacent to an activating group) is 1. The number of aliphatic carboxylic acids is 1. The number of ether oxygens (including phenoxy) is 3. The van der Waals surface area contributed by atoms with Gasteiger partial charge in [-0.15, -0.1) is 0 Å². The van der Waals surface area contributed by atoms with Gasteiger partial charge >= 0.3 is 5.97 Å². The molecule has 0 aliphatic carbocycles. The van der Waals surface area contributed by atoms with Crippen LogP contribution in [0.1, 0.15) is 36.9 Å². The van der Waals surface area contributed by atoms with Crippen molar-refractivity contribution in [3.05, 3.63) is 53.6 Å². The minimum Gasteiger partial charge on any atom is -0.497 e. The molecular formula is C26H32N2O6. The highest BCUT2D eigenvalue weighted by Gasteiger charge is 2.48. The molecule has 0 bridgehead atoms. The third-order valence-electron chi connectivity index (χ3n) is 6.57. The number of carboxylic acid groups (broad SMARTS) is 1. The van der Waals surface area contributed by atoms with E-state index < -0.39 is 17.9 Å². The molecule has 3 atom stereocenters. The summed E-state index contributed by atoms with van der Waals surface area (Å²) in [7, 11) is 3.39. The van der Waals surface area contributed by atoms with E-state index in [1.165, 1.54) is 0 Å². The fraction of sp³-hybridized carbons (Fsp3) is 0.462. The first-order valence-corrected chi connectivity index (χ1v) is 11.5. The SMILES string of the molecule is COc1ccc(C2C(C(=O)O)C(c3ccc4c(c3)OCO4)CN2CC(=O)N(C)CC(C)C)cc1. The van der Waals surface area contributed by atoms with Crippen LogP contribution in [0.25, 0.3) is 0 Å². The number of carbonyl (C=O) groups excluding carboxylic acids is 1. The summed E-state index contributed by atoms with van der Waals surface area (Å²) in [6.07, 6.45) is 0. The summed E-state index contributed by atoms with van der Waals surface area (Å²) in [5, 5.41) is 10.3. The molecule has 0 radical (unpaired) electrons. The van der Waals surface area contributed by atoms with E-state index in [-0.39, 0.29) is 25.2 Å². The van der Waals surface area contributed by atoms with Gasteiger partial charge in [0.05, 0.1) is 19.6 Å². The predicted octanol–water partition coefficient (Wildman–Crippen LogP) is 3.38. The summed E-state index contributed by atoms with van der Waals surface area (Å²) in [6.45, 7) is 5.52. The van der Waals surface area contributed by atoms with Crippen molar-refractivity contribution in [2.45, 2.75) is 25.8 Å². The summed E-state index contributed by atoms with van der Waals surface area (Å²) in [5.74, 6) is 0.339. The zero-order valence-corrected chi connectivity index (χ0v) is 20.1. The first-order valence-electron chi connectivity index (χ1n) is 11.5. The lowest BCUT2D eigenvalue weighted by atomic mass is 9.82. The molecule has 0 saturated carbocycles. The van der Waals surface area contributed by atoms with E-state index >= 15 is 0 Å². The zero-order chi connectivity index (χ0) is 24.4. The van der Waals surface area contributed by atoms with Crippen molar-refractivity contribution in [1.82, 2.24) is 9.80 Å². The summed E-state index contributed by atoms with van der Waals surface area (Å²) in [4.78, 5) is 29.4. The van der Waals surface area contributed by atoms with Crippen molar-refractivity contribution in [2.24, 2.45) is 11.8 Å². The Morgan fingerprint density at radius 1 is 1.12 bits per heavy atom. The highest BCUT2D eigenvalue weighted by atomic mass is 16.7. The van der Waals surface area contributed by atoms with Crippen LogP contribution >= 0.6 is 0 Å². The molecular weight excluding hydrogens is 436 g/mol. The first kappa shape index (κ1) is 23.9. The lowest BCUT2D eigenvalue weighted by Crippen LogP contribution is -2.40. The maximum Gasteiger partial charge on any atom is 0.309 e. The largest absolute Gasteiger partial charge is 0.497 e. The average Bonchev–Trinajstić information content (AvgIpc) is 3.42. The molecule has 2 aromatic rings. The van der Waals surface area contributed by atoms with Gasteiger partial charge in [-0.25, -0.2) is 0 Å². The van der Waals surface area contributed by atoms with Crippen LogP contribution in [0.15, 0.2) is 42.5 Å². The smallest absolute Gasteiger partial charge is 0.309 e. The zero-order valence-electron chi connectivity index (χ0n) is 20.1. The Morgan fingerprint density at radius 2 is 1.79 bits per heavy atom. The first-order chi connectivity index (χ1) is 16.3. The van der Waals surface area contributed by atoms with Gasteiger partial charge in [0, 0.05) is 32.1 Å². The third-order valence-corrected chi connectivity index (χ3v) is 6.57. The van der Waals surface area contributed by atoms with E-state index in [1.54, 1.807) is 19.1 Å². The van der Waals surface area contributed by atoms with Gasteiger partial charge in [0.15, 0.2) is 11.5 Å². The molecule has 8 nitrogen and oxygen atoms in total. The van der Waals surface area contributed by atoms with Crippen LogP contribution < -0.4 is 14.2 Å². The van der Waals surface area contributed by atoms with Crippen molar-refractivity contribution in [2.75, 3.05) is 40.6 Å². The van der Waals surface area contributed by atoms with Crippen LogP contribution in [0, 0.1) is 11.8 Å². The number of benzene rings is 2. The molecule has 0 spiro atoms. The molecule has 2 aliphatic heterocycles. The normalized spacial score (nSPS) is 21.6. The summed E-state index contributed by atoms with van der Waals surface area (Å²) in [5.41, 5.74) is 1.71. The maximum absolute atomic E-state index is 13.1. The number of carboxylic acids is 1. The van der Waals surface area contributed by atoms with Gasteiger partial charge in [-0.2, -0.15) is 0 Å². The number of rotatable bonds is 8. The number of nitrogens with zero attached hydrogens (tertiary/aromatic N) is 2. The minimum absolute atomic E-state index is 0.0253. The molecule has 1 saturated heterocycles. The van der Waals surface area contributed by atoms with Crippen LogP contribution in [0.4, 0.5) is 0 Å². The van der Waals surface area contributed by atoms with E-state index in [1.807, 2.05) is 47.4 Å². The van der Waals surface area contributed by atoms with Gasteiger partial charge in [0.2, 0.25) is 12.7 Å². The van der Waals surface area contributed by atoms with Crippen LogP contribution in [0.5, 0.6) is 17.2 Å². The molecule has 8 heteroatoms. The standard InChI is InChI=1S/C26H32N2O6/c1-16(2)12-27(3)23(29)14-28-13-20(18-7-10-21-22(11-18)34-15-33-21)24(26(30)31)25(28)17-5-8-19(32-4)9-6-17/h5-11,16,20,24-25H,12-15H2,1-4H3,(H,30,31). The Balaban J connectivity index is 1.69. The number of methoxy groups -OCH3 is 1. The molecule has 2 aromatic carbocycles. The maximum atomic E-state index is 13.1. The van der Waals surface area contributed by atoms with Crippen molar-refractivity contribution >= 4 is 11.9 Å². The quantitative estimate of drug-likeness (QED) is 0.635. The van der Waals surface area contributed by atoms with Gasteiger partial charge in [-0.05, 0) is 41.3 Å². The molecule has 0 aromatic heterocycles. The van der Waals surface area contributed by atoms with Gasteiger partial charge in [0.25, 0.3) is 0 Å². The van der Waals surface area contributed by atoms with Gasteiger partial charge in [0.1, 0.15) is 5.75 Å². The molecule has 4 rings (SSSR count). The molecule has 1 fully saturated rings. The monoisotopic (exact) mass is 468 g/mol. The van der Waals surface area contributed by atoms with Crippen LogP contribution in [-0.4, -0.2) is 67.4 Å². The number of likely N-dealkylation sites (tertiary alicyclic amines) is 1. The molecule has 2 heterocycles. The minimum atomic E-state index is -0.894. The molecule has 1 N–H and O–H groups in total. The average molecular weight is 469 g/mol. The fourth-order valence-electron chi connectivity index (χ4n) is 5.02. The lowest BCUT2D eigenvalue weighted by Gasteiger charge is -2.29. The Hall–Kier alpha value is -3.26. The van der Waals surface area contributed by atoms with E-state index in [0.717, 1.165) is 11.1 Å². The summed E-state index contributed by atoms with van der Waals surface area (Å²) >= 11 is 0. The second-order valence-electron chi connectivity index (χ2n) is 9.40. The Labute approximate surface area is 200 Å². The molecule has 2 aliphatic rings. The topological polar surface area (TPSA) is 88.5 Å². The summed E-state index contributed by atoms with van der Waals surface area (Å²) < 4.78 is 16.2. The van der Waals surface area contributed by atoms with E-state index in [2.05, 4.69) is 13.8 Å². The highest BCUT2D eigenvalue weighted by Crippen LogP contribution is 2.47. The molecule has 182 valence electrons. The van der Waals surface area contributed by atoms with Gasteiger partial charge < -0.3 is 24.2 Å². The van der Waals surface area contributed by atoms with Crippen molar-refractivity contribution in [1.29, 1.82) is 0 Å². The predicted molar refractivity (Wildman–Crippen MR) is 126 cm³/mol. The van der Waals surface area contributed by atoms with E-state index in [9.17, 15) is 14.7 Å². The fourth-order valence-corrected chi connectivity index (χ4v) is 5.02. The van der Waals surface area contributed by atoms with Gasteiger partial charge in [-0.1, -0.05) is 32.0 Å². The van der Waals surface area contributed by atoms with Crippen molar-refractivity contribution in [3.8, 4) is 17.2 Å². The van der Waals surface area contributed by atoms with E-state index in [4.69, 9.17) is 14.2 Å². The second kappa shape index (κ2) is 9.93. The molecule has 1 amide bonds. The Bertz CT molecular complexity index is 1040. The number of carbonyl (C=O) groups is 2. The lowest BCUT2D eigenvalue weighted by molar-refractivity contribution is -0.143. The van der Waals surface area contributed by atoms with Crippen LogP contribution in [0.3, 0.4) is 0 Å². The highest BCUT2D eigenvalue weighted by molar-refractivity contribution is 5.79. The van der Waals surface area contributed by atoms with Crippen molar-refractivity contribution < 1.29 is 28.9 Å². The van der Waals surface area contributed by atoms with Gasteiger partial charge in [-0.3, -0.25) is 14.5 Å². The number of amides is 1. The number of fused-ring (bicyclic) bond motifs is 1. The number of hydrogen-bond donors (Lipinski definition) is 1. The van der Waals surface area contributed by atoms with Crippen LogP contribution in [-0.2, 0) is 9.59 Å². The summed E-state index contributed by atoms with van der Waals surface area (Å²) in [6, 6.07) is 12.5. The molecule has 3 unspecified atom stereocenters. The molecule has 34 heavy (non-hydrogen) atoms. The van der Waals surface area contributed by atoms with Crippen LogP contribution in [0.2, 0.25) is 0 Å². The number of hydrogen-bond acceptors (Lipinski definition) is 6. The van der Waals surface area contributed by atoms with E-state index in [0.29, 0.717) is 36.3 Å². The van der Waals surface area contributed by atoms with Crippen molar-refractivity contribution in [3.63, 3.8) is 0 Å². The second-order valence-corrected chi connectivity index (χ2v) is 9.40.